The van der Waals surface area contributed by atoms with E-state index in [1.807, 2.05) is 13.8 Å². The van der Waals surface area contributed by atoms with E-state index in [0.29, 0.717) is 18.6 Å². The first-order valence-electron chi connectivity index (χ1n) is 8.63. The van der Waals surface area contributed by atoms with Crippen LogP contribution >= 0.6 is 0 Å². The zero-order chi connectivity index (χ0) is 19.3. The van der Waals surface area contributed by atoms with Gasteiger partial charge in [-0.2, -0.15) is 0 Å². The molecule has 0 saturated carbocycles. The van der Waals surface area contributed by atoms with Crippen molar-refractivity contribution in [1.29, 1.82) is 0 Å². The summed E-state index contributed by atoms with van der Waals surface area (Å²) in [5, 5.41) is 8.85. The van der Waals surface area contributed by atoms with Crippen LogP contribution in [-0.4, -0.2) is 66.4 Å². The Labute approximate surface area is 152 Å². The maximum Gasteiger partial charge on any atom is 0.417 e. The Hall–Kier alpha value is -2.19. The number of unbranched alkanes of at least 4 members (excludes halogenated alkanes) is 1. The fourth-order valence-corrected chi connectivity index (χ4v) is 2.84. The van der Waals surface area contributed by atoms with Crippen molar-refractivity contribution in [3.05, 3.63) is 24.0 Å². The van der Waals surface area contributed by atoms with Crippen molar-refractivity contribution in [2.24, 2.45) is 5.92 Å². The molecule has 8 nitrogen and oxygen atoms in total. The highest BCUT2D eigenvalue weighted by atomic mass is 16.6. The molecule has 0 aromatic rings. The molecule has 26 heavy (non-hydrogen) atoms. The first-order chi connectivity index (χ1) is 12.4. The molecule has 8 heteroatoms. The number of carbonyl (C=O) groups is 3. The van der Waals surface area contributed by atoms with E-state index in [1.165, 1.54) is 19.3 Å². The molecular formula is C18H25NO7. The molecule has 1 fully saturated rings. The lowest BCUT2D eigenvalue weighted by molar-refractivity contribution is -0.154. The molecule has 2 heterocycles. The van der Waals surface area contributed by atoms with Gasteiger partial charge in [0.15, 0.2) is 18.0 Å². The van der Waals surface area contributed by atoms with E-state index < -0.39 is 36.0 Å². The Bertz CT molecular complexity index is 611. The second-order valence-electron chi connectivity index (χ2n) is 6.50. The van der Waals surface area contributed by atoms with Crippen LogP contribution in [0.25, 0.3) is 0 Å². The smallest absolute Gasteiger partial charge is 0.417 e. The minimum absolute atomic E-state index is 0.000263. The third-order valence-corrected chi connectivity index (χ3v) is 4.35. The number of allylic oxidation sites excluding steroid dienone is 2. The van der Waals surface area contributed by atoms with E-state index in [2.05, 4.69) is 0 Å². The first kappa shape index (κ1) is 20.1. The number of ether oxygens (including phenoxy) is 3. The summed E-state index contributed by atoms with van der Waals surface area (Å²) in [7, 11) is 1.29. The maximum absolute atomic E-state index is 12.9. The minimum atomic E-state index is -1.26. The average molecular weight is 367 g/mol. The van der Waals surface area contributed by atoms with Crippen LogP contribution in [0.5, 0.6) is 0 Å². The third-order valence-electron chi connectivity index (χ3n) is 4.35. The topological polar surface area (TPSA) is 102 Å². The van der Waals surface area contributed by atoms with E-state index in [0.717, 1.165) is 4.90 Å². The van der Waals surface area contributed by atoms with Gasteiger partial charge in [-0.25, -0.2) is 9.69 Å². The molecule has 1 saturated heterocycles. The van der Waals surface area contributed by atoms with Crippen LogP contribution in [0.3, 0.4) is 0 Å². The summed E-state index contributed by atoms with van der Waals surface area (Å²) >= 11 is 0. The van der Waals surface area contributed by atoms with E-state index in [1.54, 1.807) is 6.08 Å². The minimum Gasteiger partial charge on any atom is -0.479 e. The Balaban J connectivity index is 2.19. The number of amides is 2. The molecule has 0 aromatic carbocycles. The van der Waals surface area contributed by atoms with Crippen molar-refractivity contribution in [3.8, 4) is 0 Å². The van der Waals surface area contributed by atoms with Gasteiger partial charge in [0, 0.05) is 13.7 Å². The van der Waals surface area contributed by atoms with E-state index in [-0.39, 0.29) is 19.1 Å². The van der Waals surface area contributed by atoms with Crippen molar-refractivity contribution in [2.45, 2.75) is 44.9 Å². The molecular weight excluding hydrogens is 342 g/mol. The summed E-state index contributed by atoms with van der Waals surface area (Å²) in [5.74, 6) is -0.655. The summed E-state index contributed by atoms with van der Waals surface area (Å²) in [4.78, 5) is 38.2. The molecule has 0 radical (unpaired) electrons. The monoisotopic (exact) mass is 367 g/mol. The molecule has 2 aliphatic heterocycles. The molecule has 0 bridgehead atoms. The van der Waals surface area contributed by atoms with Crippen molar-refractivity contribution in [1.82, 2.24) is 4.90 Å². The zero-order valence-electron chi connectivity index (χ0n) is 15.2. The van der Waals surface area contributed by atoms with Crippen LogP contribution < -0.4 is 0 Å². The quantitative estimate of drug-likeness (QED) is 0.674. The number of rotatable bonds is 7. The van der Waals surface area contributed by atoms with Crippen LogP contribution in [0, 0.1) is 5.92 Å². The van der Waals surface area contributed by atoms with Gasteiger partial charge >= 0.3 is 6.09 Å². The van der Waals surface area contributed by atoms with E-state index in [4.69, 9.17) is 19.3 Å². The normalized spacial score (nSPS) is 25.6. The number of carbonyl (C=O) groups excluding carboxylic acids is 3. The van der Waals surface area contributed by atoms with Gasteiger partial charge in [-0.15, -0.1) is 0 Å². The van der Waals surface area contributed by atoms with Gasteiger partial charge in [-0.05, 0) is 37.0 Å². The third kappa shape index (κ3) is 4.31. The van der Waals surface area contributed by atoms with Crippen LogP contribution in [-0.2, 0) is 23.8 Å². The number of hydrogen-bond donors (Lipinski definition) is 1. The maximum atomic E-state index is 12.9. The van der Waals surface area contributed by atoms with Crippen LogP contribution in [0.2, 0.25) is 0 Å². The highest BCUT2D eigenvalue weighted by molar-refractivity contribution is 6.03. The number of aliphatic hydroxyl groups excluding tert-OH is 1. The molecule has 3 unspecified atom stereocenters. The molecule has 2 aliphatic rings. The van der Waals surface area contributed by atoms with Crippen molar-refractivity contribution < 1.29 is 33.7 Å². The lowest BCUT2D eigenvalue weighted by Crippen LogP contribution is -2.53. The van der Waals surface area contributed by atoms with Crippen LogP contribution in [0.15, 0.2) is 24.0 Å². The number of ketones is 1. The summed E-state index contributed by atoms with van der Waals surface area (Å²) in [6.07, 6.45) is 2.49. The molecule has 0 aliphatic carbocycles. The number of aliphatic hydroxyl groups is 1. The summed E-state index contributed by atoms with van der Waals surface area (Å²) in [6, 6.07) is -0.415. The summed E-state index contributed by atoms with van der Waals surface area (Å²) < 4.78 is 15.9. The lowest BCUT2D eigenvalue weighted by Gasteiger charge is -2.31. The molecule has 144 valence electrons. The zero-order valence-corrected chi connectivity index (χ0v) is 15.2. The molecule has 3 atom stereocenters. The Morgan fingerprint density at radius 1 is 1.42 bits per heavy atom. The van der Waals surface area contributed by atoms with Gasteiger partial charge < -0.3 is 19.3 Å². The molecule has 2 rings (SSSR count). The predicted molar refractivity (Wildman–Crippen MR) is 91.0 cm³/mol. The number of cyclic esters (lactones) is 1. The highest BCUT2D eigenvalue weighted by Gasteiger charge is 2.46. The highest BCUT2D eigenvalue weighted by Crippen LogP contribution is 2.25. The standard InChI is InChI=1S/C18H25NO7/c1-11(2)13-10-25-18(23)19(13)17(22)16(24-3)15-14(21)8-7-12(26-15)6-4-5-9-20/h6-8,11,13,15-16,20H,4-5,9-10H2,1-3H3. The lowest BCUT2D eigenvalue weighted by atomic mass is 10.0. The second-order valence-corrected chi connectivity index (χ2v) is 6.50. The molecule has 0 aromatic heterocycles. The van der Waals surface area contributed by atoms with Crippen molar-refractivity contribution in [2.75, 3.05) is 20.3 Å². The summed E-state index contributed by atoms with van der Waals surface area (Å²) in [6.45, 7) is 3.91. The largest absolute Gasteiger partial charge is 0.479 e. The fraction of sp³-hybridized carbons (Fsp3) is 0.611. The Kier molecular flexibility index (Phi) is 6.93. The number of methoxy groups -OCH3 is 1. The molecule has 1 N–H and O–H groups in total. The van der Waals surface area contributed by atoms with Gasteiger partial charge in [0.25, 0.3) is 5.91 Å². The van der Waals surface area contributed by atoms with Crippen molar-refractivity contribution >= 4 is 17.8 Å². The Morgan fingerprint density at radius 2 is 2.15 bits per heavy atom. The van der Waals surface area contributed by atoms with Gasteiger partial charge in [0.1, 0.15) is 12.4 Å². The molecule has 0 spiro atoms. The molecule has 2 amide bonds. The van der Waals surface area contributed by atoms with Gasteiger partial charge in [0.2, 0.25) is 0 Å². The number of nitrogens with zero attached hydrogens (tertiary/aromatic N) is 1. The van der Waals surface area contributed by atoms with Gasteiger partial charge in [-0.1, -0.05) is 13.8 Å². The number of hydrogen-bond acceptors (Lipinski definition) is 7. The Morgan fingerprint density at radius 3 is 2.77 bits per heavy atom. The van der Waals surface area contributed by atoms with E-state index >= 15 is 0 Å². The fourth-order valence-electron chi connectivity index (χ4n) is 2.84. The van der Waals surface area contributed by atoms with Crippen molar-refractivity contribution in [3.63, 3.8) is 0 Å². The van der Waals surface area contributed by atoms with Gasteiger partial charge in [0.05, 0.1) is 6.04 Å². The van der Waals surface area contributed by atoms with Gasteiger partial charge in [-0.3, -0.25) is 9.59 Å². The number of imide groups is 1. The first-order valence-corrected chi connectivity index (χ1v) is 8.63. The predicted octanol–water partition coefficient (Wildman–Crippen LogP) is 1.19. The second kappa shape index (κ2) is 8.95. The van der Waals surface area contributed by atoms with Crippen LogP contribution in [0.4, 0.5) is 4.79 Å². The van der Waals surface area contributed by atoms with Crippen LogP contribution in [0.1, 0.15) is 26.7 Å². The average Bonchev–Trinajstić information content (AvgIpc) is 3.00. The summed E-state index contributed by atoms with van der Waals surface area (Å²) in [5.41, 5.74) is 0. The SMILES string of the molecule is COC(C(=O)N1C(=O)OCC1C(C)C)C1OC(=CCCCO)C=CC1=O. The van der Waals surface area contributed by atoms with E-state index in [9.17, 15) is 14.4 Å².